The average molecular weight is 338 g/mol. The lowest BCUT2D eigenvalue weighted by Gasteiger charge is -2.14. The minimum Gasteiger partial charge on any atom is -0.349 e. The van der Waals surface area contributed by atoms with E-state index in [1.165, 1.54) is 4.90 Å². The number of amides is 2. The molecule has 0 radical (unpaired) electrons. The lowest BCUT2D eigenvalue weighted by atomic mass is 10.1. The quantitative estimate of drug-likeness (QED) is 0.829. The van der Waals surface area contributed by atoms with Crippen LogP contribution in [0.15, 0.2) is 18.2 Å². The van der Waals surface area contributed by atoms with Crippen LogP contribution in [-0.4, -0.2) is 46.0 Å². The fourth-order valence-corrected chi connectivity index (χ4v) is 3.03. The molecule has 0 aliphatic carbocycles. The van der Waals surface area contributed by atoms with E-state index in [0.717, 1.165) is 11.1 Å². The molecule has 128 valence electrons. The second kappa shape index (κ2) is 8.82. The molecule has 0 aliphatic heterocycles. The summed E-state index contributed by atoms with van der Waals surface area (Å²) >= 11 is 0. The number of carbonyl (C=O) groups is 2. The predicted octanol–water partition coefficient (Wildman–Crippen LogP) is 2.25. The van der Waals surface area contributed by atoms with Crippen molar-refractivity contribution in [3.05, 3.63) is 29.3 Å². The lowest BCUT2D eigenvalue weighted by Crippen LogP contribution is -2.30. The van der Waals surface area contributed by atoms with Crippen LogP contribution in [0.4, 0.5) is 5.69 Å². The Morgan fingerprint density at radius 3 is 2.43 bits per heavy atom. The van der Waals surface area contributed by atoms with E-state index >= 15 is 0 Å². The van der Waals surface area contributed by atoms with Crippen LogP contribution >= 0.6 is 0 Å². The zero-order valence-corrected chi connectivity index (χ0v) is 15.3. The highest BCUT2D eigenvalue weighted by Crippen LogP contribution is 2.15. The molecule has 0 spiro atoms. The lowest BCUT2D eigenvalue weighted by molar-refractivity contribution is -0.128. The van der Waals surface area contributed by atoms with E-state index in [0.29, 0.717) is 24.3 Å². The first-order valence-corrected chi connectivity index (χ1v) is 9.06. The Kier molecular flexibility index (Phi) is 7.42. The van der Waals surface area contributed by atoms with Crippen LogP contribution in [0, 0.1) is 13.8 Å². The number of aryl methyl sites for hydroxylation is 2. The second-order valence-electron chi connectivity index (χ2n) is 5.91. The highest BCUT2D eigenvalue weighted by atomic mass is 32.2. The number of carbonyl (C=O) groups excluding carboxylic acids is 2. The van der Waals surface area contributed by atoms with Gasteiger partial charge in [-0.3, -0.25) is 13.8 Å². The van der Waals surface area contributed by atoms with Crippen LogP contribution in [0.3, 0.4) is 0 Å². The second-order valence-corrected chi connectivity index (χ2v) is 7.78. The maximum atomic E-state index is 12.2. The summed E-state index contributed by atoms with van der Waals surface area (Å²) in [5.41, 5.74) is 2.97. The minimum atomic E-state index is -1.29. The van der Waals surface area contributed by atoms with Crippen molar-refractivity contribution in [1.82, 2.24) is 4.90 Å². The topological polar surface area (TPSA) is 66.5 Å². The van der Waals surface area contributed by atoms with Gasteiger partial charge in [0.05, 0.1) is 0 Å². The van der Waals surface area contributed by atoms with Crippen molar-refractivity contribution in [2.75, 3.05) is 25.2 Å². The van der Waals surface area contributed by atoms with E-state index in [2.05, 4.69) is 5.32 Å². The molecule has 0 saturated carbocycles. The molecule has 0 fully saturated rings. The van der Waals surface area contributed by atoms with E-state index in [-0.39, 0.29) is 11.8 Å². The Labute approximate surface area is 140 Å². The van der Waals surface area contributed by atoms with Crippen molar-refractivity contribution >= 4 is 28.3 Å². The van der Waals surface area contributed by atoms with Gasteiger partial charge in [0.25, 0.3) is 0 Å². The molecule has 1 aromatic carbocycles. The van der Waals surface area contributed by atoms with Crippen LogP contribution in [0.25, 0.3) is 0 Å². The third-order valence-electron chi connectivity index (χ3n) is 3.77. The van der Waals surface area contributed by atoms with Gasteiger partial charge in [0, 0.05) is 42.8 Å². The van der Waals surface area contributed by atoms with Gasteiger partial charge in [0.1, 0.15) is 5.25 Å². The SMILES string of the molecule is Cc1ccc(NC(=O)[C@@H](C)[S@@](=O)CCCC(=O)N(C)C)cc1C. The van der Waals surface area contributed by atoms with E-state index in [9.17, 15) is 13.8 Å². The zero-order chi connectivity index (χ0) is 17.6. The van der Waals surface area contributed by atoms with Crippen molar-refractivity contribution in [1.29, 1.82) is 0 Å². The molecular weight excluding hydrogens is 312 g/mol. The molecule has 1 aromatic rings. The summed E-state index contributed by atoms with van der Waals surface area (Å²) in [6.07, 6.45) is 0.870. The van der Waals surface area contributed by atoms with Gasteiger partial charge < -0.3 is 10.2 Å². The Hall–Kier alpha value is -1.69. The smallest absolute Gasteiger partial charge is 0.239 e. The minimum absolute atomic E-state index is 0.00855. The number of nitrogens with one attached hydrogen (secondary N) is 1. The van der Waals surface area contributed by atoms with Crippen molar-refractivity contribution in [3.8, 4) is 0 Å². The standard InChI is InChI=1S/C17H26N2O3S/c1-12-8-9-15(11-13(12)2)18-17(21)14(3)23(22)10-6-7-16(20)19(4)5/h8-9,11,14H,6-7,10H2,1-5H3,(H,18,21)/t14-,23+/m1/s1. The molecule has 0 unspecified atom stereocenters. The van der Waals surface area contributed by atoms with Crippen LogP contribution in [0.5, 0.6) is 0 Å². The maximum absolute atomic E-state index is 12.2. The average Bonchev–Trinajstić information content (AvgIpc) is 2.49. The molecule has 2 amide bonds. The van der Waals surface area contributed by atoms with Gasteiger partial charge >= 0.3 is 0 Å². The molecule has 1 rings (SSSR count). The van der Waals surface area contributed by atoms with Crippen LogP contribution < -0.4 is 5.32 Å². The number of nitrogens with zero attached hydrogens (tertiary/aromatic N) is 1. The van der Waals surface area contributed by atoms with E-state index < -0.39 is 16.0 Å². The van der Waals surface area contributed by atoms with Gasteiger partial charge in [0.15, 0.2) is 0 Å². The first kappa shape index (κ1) is 19.4. The van der Waals surface area contributed by atoms with Crippen molar-refractivity contribution < 1.29 is 13.8 Å². The third-order valence-corrected chi connectivity index (χ3v) is 5.47. The van der Waals surface area contributed by atoms with E-state index in [1.54, 1.807) is 21.0 Å². The van der Waals surface area contributed by atoms with E-state index in [1.807, 2.05) is 32.0 Å². The zero-order valence-electron chi connectivity index (χ0n) is 14.5. The summed E-state index contributed by atoms with van der Waals surface area (Å²) in [6, 6.07) is 5.68. The summed E-state index contributed by atoms with van der Waals surface area (Å²) in [7, 11) is 2.10. The Bertz CT molecular complexity index is 600. The predicted molar refractivity (Wildman–Crippen MR) is 94.9 cm³/mol. The molecule has 0 aromatic heterocycles. The normalized spacial score (nSPS) is 13.3. The van der Waals surface area contributed by atoms with Gasteiger partial charge in [-0.1, -0.05) is 6.07 Å². The van der Waals surface area contributed by atoms with Gasteiger partial charge in [0.2, 0.25) is 11.8 Å². The molecule has 0 bridgehead atoms. The number of rotatable bonds is 7. The maximum Gasteiger partial charge on any atom is 0.239 e. The summed E-state index contributed by atoms with van der Waals surface area (Å²) in [5, 5.41) is 2.20. The van der Waals surface area contributed by atoms with Gasteiger partial charge in [-0.05, 0) is 50.5 Å². The molecule has 6 heteroatoms. The first-order chi connectivity index (χ1) is 10.7. The molecule has 0 aliphatic rings. The molecule has 5 nitrogen and oxygen atoms in total. The summed E-state index contributed by atoms with van der Waals surface area (Å²) < 4.78 is 12.2. The highest BCUT2D eigenvalue weighted by Gasteiger charge is 2.20. The molecule has 0 saturated heterocycles. The Morgan fingerprint density at radius 1 is 1.22 bits per heavy atom. The van der Waals surface area contributed by atoms with Crippen LogP contribution in [-0.2, 0) is 20.4 Å². The molecule has 0 heterocycles. The number of benzene rings is 1. The molecular formula is C17H26N2O3S. The summed E-state index contributed by atoms with van der Waals surface area (Å²) in [4.78, 5) is 25.2. The fourth-order valence-electron chi connectivity index (χ4n) is 1.95. The largest absolute Gasteiger partial charge is 0.349 e. The molecule has 23 heavy (non-hydrogen) atoms. The molecule has 2 atom stereocenters. The van der Waals surface area contributed by atoms with Crippen molar-refractivity contribution in [2.45, 2.75) is 38.9 Å². The monoisotopic (exact) mass is 338 g/mol. The Morgan fingerprint density at radius 2 is 1.87 bits per heavy atom. The van der Waals surface area contributed by atoms with Crippen LogP contribution in [0.2, 0.25) is 0 Å². The fraction of sp³-hybridized carbons (Fsp3) is 0.529. The highest BCUT2D eigenvalue weighted by molar-refractivity contribution is 7.86. The van der Waals surface area contributed by atoms with Crippen molar-refractivity contribution in [2.24, 2.45) is 0 Å². The van der Waals surface area contributed by atoms with Gasteiger partial charge in [-0.25, -0.2) is 0 Å². The number of anilines is 1. The van der Waals surface area contributed by atoms with Gasteiger partial charge in [-0.2, -0.15) is 0 Å². The van der Waals surface area contributed by atoms with Crippen molar-refractivity contribution in [3.63, 3.8) is 0 Å². The summed E-state index contributed by atoms with van der Waals surface area (Å²) in [6.45, 7) is 5.64. The third kappa shape index (κ3) is 6.14. The van der Waals surface area contributed by atoms with Crippen LogP contribution in [0.1, 0.15) is 30.9 Å². The summed E-state index contributed by atoms with van der Waals surface area (Å²) in [5.74, 6) is 0.0981. The molecule has 1 N–H and O–H groups in total. The Balaban J connectivity index is 2.50. The van der Waals surface area contributed by atoms with E-state index in [4.69, 9.17) is 0 Å². The van der Waals surface area contributed by atoms with Gasteiger partial charge in [-0.15, -0.1) is 0 Å². The number of hydrogen-bond acceptors (Lipinski definition) is 3. The first-order valence-electron chi connectivity index (χ1n) is 7.67. The number of hydrogen-bond donors (Lipinski definition) is 1.